The molecule has 1 saturated heterocycles. The lowest BCUT2D eigenvalue weighted by molar-refractivity contribution is -0.120. The van der Waals surface area contributed by atoms with Crippen molar-refractivity contribution in [1.29, 1.82) is 0 Å². The molecule has 0 atom stereocenters. The summed E-state index contributed by atoms with van der Waals surface area (Å²) in [6.07, 6.45) is 2.34. The van der Waals surface area contributed by atoms with E-state index in [0.29, 0.717) is 32.5 Å². The molecule has 0 spiro atoms. The van der Waals surface area contributed by atoms with Crippen LogP contribution in [-0.4, -0.2) is 44.5 Å². The van der Waals surface area contributed by atoms with Gasteiger partial charge in [-0.15, -0.1) is 0 Å². The average Bonchev–Trinajstić information content (AvgIpc) is 2.53. The van der Waals surface area contributed by atoms with Gasteiger partial charge in [0.05, 0.1) is 6.26 Å². The van der Waals surface area contributed by atoms with Gasteiger partial charge in [0.15, 0.2) is 0 Å². The zero-order chi connectivity index (χ0) is 16.9. The van der Waals surface area contributed by atoms with Crippen LogP contribution in [0.25, 0.3) is 0 Å². The second kappa shape index (κ2) is 7.90. The number of rotatable bonds is 6. The first-order chi connectivity index (χ1) is 10.9. The summed E-state index contributed by atoms with van der Waals surface area (Å²) in [5.41, 5.74) is 1.88. The molecule has 0 aliphatic carbocycles. The van der Waals surface area contributed by atoms with Crippen molar-refractivity contribution < 1.29 is 13.2 Å². The van der Waals surface area contributed by atoms with Crippen molar-refractivity contribution in [3.63, 3.8) is 0 Å². The van der Waals surface area contributed by atoms with Crippen LogP contribution in [0, 0.1) is 5.92 Å². The van der Waals surface area contributed by atoms with Gasteiger partial charge >= 0.3 is 0 Å². The number of carbonyl (C=O) groups excluding carboxylic acids is 1. The lowest BCUT2D eigenvalue weighted by atomic mass is 9.97. The molecule has 2 N–H and O–H groups in total. The van der Waals surface area contributed by atoms with E-state index in [-0.39, 0.29) is 11.8 Å². The zero-order valence-electron chi connectivity index (χ0n) is 13.7. The topological polar surface area (TPSA) is 78.5 Å². The van der Waals surface area contributed by atoms with Gasteiger partial charge in [0.2, 0.25) is 15.9 Å². The summed E-state index contributed by atoms with van der Waals surface area (Å²) in [5, 5.41) is 6.25. The van der Waals surface area contributed by atoms with Crippen molar-refractivity contribution in [3.8, 4) is 0 Å². The van der Waals surface area contributed by atoms with Gasteiger partial charge < -0.3 is 10.6 Å². The highest BCUT2D eigenvalue weighted by molar-refractivity contribution is 7.88. The molecule has 0 aromatic heterocycles. The Morgan fingerprint density at radius 2 is 1.91 bits per heavy atom. The number of nitrogens with one attached hydrogen (secondary N) is 2. The molecule has 0 unspecified atom stereocenters. The SMILES string of the molecule is CCNCc1ccccc1NC(=O)C1CCN(S(C)(=O)=O)CC1. The van der Waals surface area contributed by atoms with Crippen molar-refractivity contribution >= 4 is 21.6 Å². The molecule has 2 rings (SSSR count). The minimum atomic E-state index is -3.16. The molecule has 1 aromatic carbocycles. The molecular weight excluding hydrogens is 314 g/mol. The van der Waals surface area contributed by atoms with Crippen molar-refractivity contribution in [2.45, 2.75) is 26.3 Å². The van der Waals surface area contributed by atoms with Gasteiger partial charge in [-0.1, -0.05) is 25.1 Å². The number of amides is 1. The van der Waals surface area contributed by atoms with Crippen LogP contribution >= 0.6 is 0 Å². The molecule has 0 bridgehead atoms. The molecular formula is C16H25N3O3S. The molecule has 128 valence electrons. The summed E-state index contributed by atoms with van der Waals surface area (Å²) < 4.78 is 24.5. The molecule has 23 heavy (non-hydrogen) atoms. The average molecular weight is 339 g/mol. The van der Waals surface area contributed by atoms with E-state index < -0.39 is 10.0 Å². The maximum absolute atomic E-state index is 12.5. The Hall–Kier alpha value is -1.44. The summed E-state index contributed by atoms with van der Waals surface area (Å²) in [5.74, 6) is -0.165. The van der Waals surface area contributed by atoms with Crippen LogP contribution in [0.3, 0.4) is 0 Å². The molecule has 7 heteroatoms. The normalized spacial score (nSPS) is 17.1. The van der Waals surface area contributed by atoms with Gasteiger partial charge in [-0.05, 0) is 31.0 Å². The third-order valence-electron chi connectivity index (χ3n) is 4.13. The summed E-state index contributed by atoms with van der Waals surface area (Å²) in [6, 6.07) is 7.74. The molecule has 6 nitrogen and oxygen atoms in total. The fraction of sp³-hybridized carbons (Fsp3) is 0.562. The number of piperidine rings is 1. The Morgan fingerprint density at radius 1 is 1.26 bits per heavy atom. The van der Waals surface area contributed by atoms with Gasteiger partial charge in [0, 0.05) is 31.2 Å². The Balaban J connectivity index is 1.96. The molecule has 1 fully saturated rings. The maximum Gasteiger partial charge on any atom is 0.227 e. The predicted octanol–water partition coefficient (Wildman–Crippen LogP) is 1.41. The summed E-state index contributed by atoms with van der Waals surface area (Å²) in [7, 11) is -3.16. The Bertz CT molecular complexity index is 638. The minimum Gasteiger partial charge on any atom is -0.326 e. The van der Waals surface area contributed by atoms with E-state index >= 15 is 0 Å². The van der Waals surface area contributed by atoms with Crippen molar-refractivity contribution in [2.24, 2.45) is 5.92 Å². The van der Waals surface area contributed by atoms with Crippen LogP contribution in [0.15, 0.2) is 24.3 Å². The van der Waals surface area contributed by atoms with E-state index in [1.54, 1.807) is 0 Å². The summed E-state index contributed by atoms with van der Waals surface area (Å²) in [4.78, 5) is 12.5. The third kappa shape index (κ3) is 5.02. The Labute approximate surface area is 138 Å². The molecule has 1 heterocycles. The molecule has 1 amide bonds. The quantitative estimate of drug-likeness (QED) is 0.821. The Morgan fingerprint density at radius 3 is 2.52 bits per heavy atom. The van der Waals surface area contributed by atoms with Gasteiger partial charge in [0.1, 0.15) is 0 Å². The molecule has 1 aromatic rings. The predicted molar refractivity (Wildman–Crippen MR) is 91.6 cm³/mol. The zero-order valence-corrected chi connectivity index (χ0v) is 14.5. The maximum atomic E-state index is 12.5. The molecule has 1 aliphatic rings. The van der Waals surface area contributed by atoms with E-state index in [1.807, 2.05) is 31.2 Å². The number of hydrogen-bond acceptors (Lipinski definition) is 4. The van der Waals surface area contributed by atoms with Crippen LogP contribution < -0.4 is 10.6 Å². The molecule has 0 radical (unpaired) electrons. The molecule has 0 saturated carbocycles. The number of carbonyl (C=O) groups is 1. The Kier molecular flexibility index (Phi) is 6.15. The van der Waals surface area contributed by atoms with E-state index in [1.165, 1.54) is 10.6 Å². The minimum absolute atomic E-state index is 0.0258. The van der Waals surface area contributed by atoms with E-state index in [9.17, 15) is 13.2 Å². The van der Waals surface area contributed by atoms with Gasteiger partial charge in [-0.2, -0.15) is 0 Å². The first kappa shape index (κ1) is 17.9. The highest BCUT2D eigenvalue weighted by Crippen LogP contribution is 2.22. The first-order valence-corrected chi connectivity index (χ1v) is 9.81. The number of nitrogens with zero attached hydrogens (tertiary/aromatic N) is 1. The highest BCUT2D eigenvalue weighted by Gasteiger charge is 2.29. The smallest absolute Gasteiger partial charge is 0.227 e. The third-order valence-corrected chi connectivity index (χ3v) is 5.44. The largest absolute Gasteiger partial charge is 0.326 e. The van der Waals surface area contributed by atoms with Crippen LogP contribution in [0.1, 0.15) is 25.3 Å². The second-order valence-electron chi connectivity index (χ2n) is 5.86. The van der Waals surface area contributed by atoms with Crippen LogP contribution in [0.5, 0.6) is 0 Å². The van der Waals surface area contributed by atoms with Crippen molar-refractivity contribution in [2.75, 3.05) is 31.2 Å². The van der Waals surface area contributed by atoms with E-state index in [0.717, 1.165) is 17.8 Å². The number of para-hydroxylation sites is 1. The van der Waals surface area contributed by atoms with E-state index in [2.05, 4.69) is 10.6 Å². The fourth-order valence-electron chi connectivity index (χ4n) is 2.74. The van der Waals surface area contributed by atoms with Gasteiger partial charge in [-0.3, -0.25) is 4.79 Å². The number of hydrogen-bond donors (Lipinski definition) is 2. The number of benzene rings is 1. The van der Waals surface area contributed by atoms with Crippen LogP contribution in [-0.2, 0) is 21.4 Å². The molecule has 1 aliphatic heterocycles. The van der Waals surface area contributed by atoms with Gasteiger partial charge in [-0.25, -0.2) is 12.7 Å². The highest BCUT2D eigenvalue weighted by atomic mass is 32.2. The summed E-state index contributed by atoms with van der Waals surface area (Å²) in [6.45, 7) is 4.44. The second-order valence-corrected chi connectivity index (χ2v) is 7.85. The van der Waals surface area contributed by atoms with Crippen molar-refractivity contribution in [3.05, 3.63) is 29.8 Å². The summed E-state index contributed by atoms with van der Waals surface area (Å²) >= 11 is 0. The first-order valence-electron chi connectivity index (χ1n) is 7.96. The lowest BCUT2D eigenvalue weighted by Crippen LogP contribution is -2.41. The number of anilines is 1. The fourth-order valence-corrected chi connectivity index (χ4v) is 3.61. The van der Waals surface area contributed by atoms with Crippen LogP contribution in [0.4, 0.5) is 5.69 Å². The van der Waals surface area contributed by atoms with Crippen molar-refractivity contribution in [1.82, 2.24) is 9.62 Å². The van der Waals surface area contributed by atoms with E-state index in [4.69, 9.17) is 0 Å². The standard InChI is InChI=1S/C16H25N3O3S/c1-3-17-12-14-6-4-5-7-15(14)18-16(20)13-8-10-19(11-9-13)23(2,21)22/h4-7,13,17H,3,8-12H2,1-2H3,(H,18,20). The van der Waals surface area contributed by atoms with Gasteiger partial charge in [0.25, 0.3) is 0 Å². The van der Waals surface area contributed by atoms with Crippen LogP contribution in [0.2, 0.25) is 0 Å². The number of sulfonamides is 1. The monoisotopic (exact) mass is 339 g/mol. The lowest BCUT2D eigenvalue weighted by Gasteiger charge is -2.29.